The number of fused-ring (bicyclic) bond motifs is 1. The highest BCUT2D eigenvalue weighted by molar-refractivity contribution is 5.40. The van der Waals surface area contributed by atoms with Crippen LogP contribution in [0.15, 0.2) is 18.2 Å². The molecule has 0 aliphatic carbocycles. The third-order valence-corrected chi connectivity index (χ3v) is 3.13. The first-order valence-corrected chi connectivity index (χ1v) is 6.50. The van der Waals surface area contributed by atoms with Crippen LogP contribution in [-0.2, 0) is 6.42 Å². The molecular weight excluding hydrogens is 226 g/mol. The SMILES string of the molecule is Cc1ccc2c(c1)CC(CN(C)CC(C)(C)O)O2. The third-order valence-electron chi connectivity index (χ3n) is 3.13. The summed E-state index contributed by atoms with van der Waals surface area (Å²) in [6.07, 6.45) is 1.17. The lowest BCUT2D eigenvalue weighted by molar-refractivity contribution is 0.0344. The molecule has 1 atom stereocenters. The number of aliphatic hydroxyl groups is 1. The van der Waals surface area contributed by atoms with Gasteiger partial charge in [-0.2, -0.15) is 0 Å². The van der Waals surface area contributed by atoms with Gasteiger partial charge in [-0.05, 0) is 39.4 Å². The van der Waals surface area contributed by atoms with Crippen molar-refractivity contribution in [1.82, 2.24) is 4.90 Å². The molecule has 0 aromatic heterocycles. The molecule has 1 aromatic carbocycles. The van der Waals surface area contributed by atoms with Crippen LogP contribution in [0.25, 0.3) is 0 Å². The molecule has 1 N–H and O–H groups in total. The first kappa shape index (κ1) is 13.4. The smallest absolute Gasteiger partial charge is 0.123 e. The summed E-state index contributed by atoms with van der Waals surface area (Å²) in [6, 6.07) is 6.34. The Balaban J connectivity index is 1.91. The molecule has 2 rings (SSSR count). The molecule has 3 nitrogen and oxygen atoms in total. The molecule has 100 valence electrons. The third kappa shape index (κ3) is 3.47. The summed E-state index contributed by atoms with van der Waals surface area (Å²) in [5, 5.41) is 9.79. The fourth-order valence-electron chi connectivity index (χ4n) is 2.62. The number of nitrogens with zero attached hydrogens (tertiary/aromatic N) is 1. The van der Waals surface area contributed by atoms with Gasteiger partial charge >= 0.3 is 0 Å². The molecule has 1 aromatic rings. The summed E-state index contributed by atoms with van der Waals surface area (Å²) >= 11 is 0. The quantitative estimate of drug-likeness (QED) is 0.886. The van der Waals surface area contributed by atoms with Crippen LogP contribution < -0.4 is 4.74 Å². The lowest BCUT2D eigenvalue weighted by Crippen LogP contribution is -2.41. The predicted molar refractivity (Wildman–Crippen MR) is 73.1 cm³/mol. The van der Waals surface area contributed by atoms with Gasteiger partial charge in [0, 0.05) is 19.5 Å². The van der Waals surface area contributed by atoms with Crippen LogP contribution in [-0.4, -0.2) is 41.8 Å². The summed E-state index contributed by atoms with van der Waals surface area (Å²) in [5.74, 6) is 1.02. The Morgan fingerprint density at radius 1 is 1.44 bits per heavy atom. The molecule has 0 spiro atoms. The van der Waals surface area contributed by atoms with Gasteiger partial charge < -0.3 is 9.84 Å². The molecule has 0 saturated carbocycles. The topological polar surface area (TPSA) is 32.7 Å². The van der Waals surface area contributed by atoms with Gasteiger partial charge in [-0.25, -0.2) is 0 Å². The molecule has 3 heteroatoms. The maximum Gasteiger partial charge on any atom is 0.123 e. The zero-order valence-electron chi connectivity index (χ0n) is 11.7. The maximum absolute atomic E-state index is 9.79. The van der Waals surface area contributed by atoms with Crippen molar-refractivity contribution in [2.75, 3.05) is 20.1 Å². The van der Waals surface area contributed by atoms with E-state index < -0.39 is 5.60 Å². The standard InChI is InChI=1S/C15H23NO2/c1-11-5-6-14-12(7-11)8-13(18-14)9-16(4)10-15(2,3)17/h5-7,13,17H,8-10H2,1-4H3. The fraction of sp³-hybridized carbons (Fsp3) is 0.600. The van der Waals surface area contributed by atoms with Crippen molar-refractivity contribution in [3.63, 3.8) is 0 Å². The summed E-state index contributed by atoms with van der Waals surface area (Å²) in [5.41, 5.74) is 1.93. The number of benzene rings is 1. The van der Waals surface area contributed by atoms with Crippen LogP contribution in [0.1, 0.15) is 25.0 Å². The van der Waals surface area contributed by atoms with Gasteiger partial charge in [-0.15, -0.1) is 0 Å². The Labute approximate surface area is 109 Å². The van der Waals surface area contributed by atoms with E-state index >= 15 is 0 Å². The summed E-state index contributed by atoms with van der Waals surface area (Å²) in [4.78, 5) is 2.13. The summed E-state index contributed by atoms with van der Waals surface area (Å²) in [6.45, 7) is 7.27. The van der Waals surface area contributed by atoms with Gasteiger partial charge in [-0.3, -0.25) is 4.90 Å². The second-order valence-corrected chi connectivity index (χ2v) is 6.06. The van der Waals surface area contributed by atoms with Gasteiger partial charge in [-0.1, -0.05) is 17.7 Å². The van der Waals surface area contributed by atoms with E-state index in [0.29, 0.717) is 6.54 Å². The van der Waals surface area contributed by atoms with E-state index in [9.17, 15) is 5.11 Å². The Kier molecular flexibility index (Phi) is 3.64. The average Bonchev–Trinajstić information content (AvgIpc) is 2.55. The Hall–Kier alpha value is -1.06. The normalized spacial score (nSPS) is 18.9. The molecule has 0 amide bonds. The van der Waals surface area contributed by atoms with Crippen molar-refractivity contribution < 1.29 is 9.84 Å². The van der Waals surface area contributed by atoms with Crippen molar-refractivity contribution in [1.29, 1.82) is 0 Å². The van der Waals surface area contributed by atoms with Crippen LogP contribution in [0.2, 0.25) is 0 Å². The first-order valence-electron chi connectivity index (χ1n) is 6.50. The highest BCUT2D eigenvalue weighted by atomic mass is 16.5. The van der Waals surface area contributed by atoms with Gasteiger partial charge in [0.1, 0.15) is 11.9 Å². The van der Waals surface area contributed by atoms with Crippen molar-refractivity contribution in [2.24, 2.45) is 0 Å². The molecular formula is C15H23NO2. The number of aryl methyl sites for hydroxylation is 1. The van der Waals surface area contributed by atoms with Crippen LogP contribution in [0.3, 0.4) is 0 Å². The van der Waals surface area contributed by atoms with Gasteiger partial charge in [0.05, 0.1) is 5.60 Å². The van der Waals surface area contributed by atoms with E-state index in [0.717, 1.165) is 18.7 Å². The predicted octanol–water partition coefficient (Wildman–Crippen LogP) is 2.00. The first-order chi connectivity index (χ1) is 8.33. The van der Waals surface area contributed by atoms with Crippen molar-refractivity contribution in [2.45, 2.75) is 38.9 Å². The number of hydrogen-bond donors (Lipinski definition) is 1. The van der Waals surface area contributed by atoms with Crippen LogP contribution in [0, 0.1) is 6.92 Å². The van der Waals surface area contributed by atoms with Gasteiger partial charge in [0.25, 0.3) is 0 Å². The molecule has 1 aliphatic rings. The maximum atomic E-state index is 9.79. The Morgan fingerprint density at radius 2 is 2.17 bits per heavy atom. The van der Waals surface area contributed by atoms with E-state index in [1.807, 2.05) is 20.9 Å². The van der Waals surface area contributed by atoms with Crippen molar-refractivity contribution >= 4 is 0 Å². The molecule has 0 radical (unpaired) electrons. The summed E-state index contributed by atoms with van der Waals surface area (Å²) in [7, 11) is 2.02. The van der Waals surface area contributed by atoms with Crippen molar-refractivity contribution in [3.05, 3.63) is 29.3 Å². The van der Waals surface area contributed by atoms with E-state index in [1.54, 1.807) is 0 Å². The van der Waals surface area contributed by atoms with E-state index in [1.165, 1.54) is 11.1 Å². The monoisotopic (exact) mass is 249 g/mol. The van der Waals surface area contributed by atoms with Gasteiger partial charge in [0.2, 0.25) is 0 Å². The van der Waals surface area contributed by atoms with Crippen LogP contribution >= 0.6 is 0 Å². The van der Waals surface area contributed by atoms with E-state index in [4.69, 9.17) is 4.74 Å². The zero-order chi connectivity index (χ0) is 13.3. The largest absolute Gasteiger partial charge is 0.488 e. The van der Waals surface area contributed by atoms with Gasteiger partial charge in [0.15, 0.2) is 0 Å². The van der Waals surface area contributed by atoms with Crippen molar-refractivity contribution in [3.8, 4) is 5.75 Å². The number of hydrogen-bond acceptors (Lipinski definition) is 3. The molecule has 1 unspecified atom stereocenters. The van der Waals surface area contributed by atoms with Crippen LogP contribution in [0.5, 0.6) is 5.75 Å². The fourth-order valence-corrected chi connectivity index (χ4v) is 2.62. The summed E-state index contributed by atoms with van der Waals surface area (Å²) < 4.78 is 5.92. The molecule has 0 fully saturated rings. The lowest BCUT2D eigenvalue weighted by atomic mass is 10.1. The Bertz CT molecular complexity index is 423. The van der Waals surface area contributed by atoms with Crippen LogP contribution in [0.4, 0.5) is 0 Å². The minimum absolute atomic E-state index is 0.203. The molecule has 1 aliphatic heterocycles. The molecule has 18 heavy (non-hydrogen) atoms. The lowest BCUT2D eigenvalue weighted by Gasteiger charge is -2.27. The minimum Gasteiger partial charge on any atom is -0.488 e. The molecule has 0 bridgehead atoms. The van der Waals surface area contributed by atoms with E-state index in [-0.39, 0.29) is 6.10 Å². The number of rotatable bonds is 4. The van der Waals surface area contributed by atoms with E-state index in [2.05, 4.69) is 30.0 Å². The second kappa shape index (κ2) is 4.90. The Morgan fingerprint density at radius 3 is 2.83 bits per heavy atom. The molecule has 1 heterocycles. The highest BCUT2D eigenvalue weighted by Crippen LogP contribution is 2.29. The second-order valence-electron chi connectivity index (χ2n) is 6.06. The number of ether oxygens (including phenoxy) is 1. The average molecular weight is 249 g/mol. The minimum atomic E-state index is -0.656. The highest BCUT2D eigenvalue weighted by Gasteiger charge is 2.25. The zero-order valence-corrected chi connectivity index (χ0v) is 11.7. The molecule has 0 saturated heterocycles. The number of likely N-dealkylation sites (N-methyl/N-ethyl adjacent to an activating group) is 1.